The van der Waals surface area contributed by atoms with Gasteiger partial charge in [0.05, 0.1) is 13.2 Å². The van der Waals surface area contributed by atoms with E-state index in [1.165, 1.54) is 0 Å². The molecule has 7 heteroatoms. The third kappa shape index (κ3) is 2.47. The van der Waals surface area contributed by atoms with Crippen LogP contribution in [0.2, 0.25) is 0 Å². The van der Waals surface area contributed by atoms with Crippen LogP contribution in [0.5, 0.6) is 0 Å². The van der Waals surface area contributed by atoms with Gasteiger partial charge in [-0.05, 0) is 17.7 Å². The van der Waals surface area contributed by atoms with Crippen LogP contribution in [-0.4, -0.2) is 46.4 Å². The minimum atomic E-state index is -0.971. The van der Waals surface area contributed by atoms with Gasteiger partial charge in [-0.2, -0.15) is 0 Å². The Morgan fingerprint density at radius 3 is 2.52 bits per heavy atom. The van der Waals surface area contributed by atoms with Gasteiger partial charge in [-0.25, -0.2) is 9.59 Å². The van der Waals surface area contributed by atoms with E-state index in [2.05, 4.69) is 0 Å². The van der Waals surface area contributed by atoms with Crippen molar-refractivity contribution in [1.29, 1.82) is 0 Å². The van der Waals surface area contributed by atoms with Crippen molar-refractivity contribution < 1.29 is 24.2 Å². The number of hydrogen-bond acceptors (Lipinski definition) is 4. The molecule has 0 atom stereocenters. The van der Waals surface area contributed by atoms with Gasteiger partial charge in [-0.1, -0.05) is 30.3 Å². The molecule has 1 amide bonds. The molecule has 1 N–H and O–H groups in total. The Morgan fingerprint density at radius 1 is 1.12 bits per heavy atom. The zero-order chi connectivity index (χ0) is 17.4. The summed E-state index contributed by atoms with van der Waals surface area (Å²) in [6.07, 6.45) is -0.406. The fraction of sp³-hybridized carbons (Fsp3) is 0.333. The third-order valence-electron chi connectivity index (χ3n) is 4.85. The Bertz CT molecular complexity index is 810. The van der Waals surface area contributed by atoms with Gasteiger partial charge in [-0.15, -0.1) is 0 Å². The number of benzene rings is 1. The molecule has 2 aliphatic rings. The number of nitrogens with zero attached hydrogens (tertiary/aromatic N) is 2. The molecule has 4 rings (SSSR count). The maximum atomic E-state index is 12.7. The molecule has 0 radical (unpaired) electrons. The number of ether oxygens (including phenoxy) is 2. The lowest BCUT2D eigenvalue weighted by Crippen LogP contribution is -2.65. The predicted octanol–water partition coefficient (Wildman–Crippen LogP) is 2.06. The highest BCUT2D eigenvalue weighted by Crippen LogP contribution is 2.40. The monoisotopic (exact) mass is 342 g/mol. The van der Waals surface area contributed by atoms with Crippen molar-refractivity contribution in [2.75, 3.05) is 19.8 Å². The largest absolute Gasteiger partial charge is 0.477 e. The smallest absolute Gasteiger partial charge is 0.411 e. The summed E-state index contributed by atoms with van der Waals surface area (Å²) in [6.45, 7) is 1.70. The third-order valence-corrected chi connectivity index (χ3v) is 4.85. The van der Waals surface area contributed by atoms with E-state index < -0.39 is 17.6 Å². The van der Waals surface area contributed by atoms with E-state index in [-0.39, 0.29) is 12.3 Å². The summed E-state index contributed by atoms with van der Waals surface area (Å²) in [7, 11) is 0. The number of aromatic carboxylic acids is 1. The second-order valence-corrected chi connectivity index (χ2v) is 6.28. The first-order valence-electron chi connectivity index (χ1n) is 8.11. The predicted molar refractivity (Wildman–Crippen MR) is 87.2 cm³/mol. The van der Waals surface area contributed by atoms with E-state index in [4.69, 9.17) is 9.47 Å². The van der Waals surface area contributed by atoms with Crippen molar-refractivity contribution in [3.05, 3.63) is 59.4 Å². The van der Waals surface area contributed by atoms with Crippen molar-refractivity contribution in [2.45, 2.75) is 18.7 Å². The average Bonchev–Trinajstić information content (AvgIpc) is 3.02. The second-order valence-electron chi connectivity index (χ2n) is 6.28. The fourth-order valence-corrected chi connectivity index (χ4v) is 3.52. The molecule has 2 aliphatic heterocycles. The number of carbonyl (C=O) groups excluding carboxylic acids is 1. The minimum absolute atomic E-state index is 0.203. The Morgan fingerprint density at radius 2 is 1.88 bits per heavy atom. The van der Waals surface area contributed by atoms with Crippen LogP contribution in [0.4, 0.5) is 4.79 Å². The molecule has 1 fully saturated rings. The van der Waals surface area contributed by atoms with Crippen molar-refractivity contribution in [1.82, 2.24) is 9.47 Å². The normalized spacial score (nSPS) is 17.7. The van der Waals surface area contributed by atoms with Gasteiger partial charge in [-0.3, -0.25) is 4.90 Å². The molecule has 3 heterocycles. The van der Waals surface area contributed by atoms with Crippen LogP contribution in [0.25, 0.3) is 0 Å². The fourth-order valence-electron chi connectivity index (χ4n) is 3.52. The van der Waals surface area contributed by atoms with Gasteiger partial charge >= 0.3 is 12.1 Å². The summed E-state index contributed by atoms with van der Waals surface area (Å²) in [5.74, 6) is -0.971. The number of aromatic nitrogens is 1. The highest BCUT2D eigenvalue weighted by Gasteiger charge is 2.52. The molecule has 0 unspecified atom stereocenters. The molecule has 0 bridgehead atoms. The lowest BCUT2D eigenvalue weighted by molar-refractivity contribution is -0.149. The van der Waals surface area contributed by atoms with Crippen molar-refractivity contribution in [3.63, 3.8) is 0 Å². The quantitative estimate of drug-likeness (QED) is 0.923. The number of rotatable bonds is 3. The van der Waals surface area contributed by atoms with Crippen LogP contribution in [0.15, 0.2) is 42.5 Å². The van der Waals surface area contributed by atoms with E-state index >= 15 is 0 Å². The zero-order valence-corrected chi connectivity index (χ0v) is 13.6. The molecule has 1 saturated heterocycles. The number of carboxylic acid groups (broad SMARTS) is 1. The van der Waals surface area contributed by atoms with Gasteiger partial charge in [0.15, 0.2) is 0 Å². The Balaban J connectivity index is 1.56. The number of carbonyl (C=O) groups is 2. The molecule has 1 aromatic heterocycles. The van der Waals surface area contributed by atoms with Gasteiger partial charge in [0, 0.05) is 18.8 Å². The average molecular weight is 342 g/mol. The zero-order valence-electron chi connectivity index (χ0n) is 13.6. The lowest BCUT2D eigenvalue weighted by atomic mass is 9.89. The van der Waals surface area contributed by atoms with E-state index in [1.54, 1.807) is 21.6 Å². The highest BCUT2D eigenvalue weighted by molar-refractivity contribution is 5.86. The van der Waals surface area contributed by atoms with Crippen LogP contribution in [0.3, 0.4) is 0 Å². The first-order chi connectivity index (χ1) is 12.1. The summed E-state index contributed by atoms with van der Waals surface area (Å²) >= 11 is 0. The first-order valence-corrected chi connectivity index (χ1v) is 8.11. The van der Waals surface area contributed by atoms with E-state index in [0.717, 1.165) is 11.3 Å². The summed E-state index contributed by atoms with van der Waals surface area (Å²) < 4.78 is 12.6. The maximum Gasteiger partial charge on any atom is 0.411 e. The standard InChI is InChI=1S/C18H18N2O5/c21-16(22)14-6-7-15-18(11-24-12-18)20(9-8-19(14)15)17(23)25-10-13-4-2-1-3-5-13/h1-7H,8-12H2,(H,21,22). The molecular formula is C18H18N2O5. The summed E-state index contributed by atoms with van der Waals surface area (Å²) in [4.78, 5) is 25.7. The highest BCUT2D eigenvalue weighted by atomic mass is 16.6. The van der Waals surface area contributed by atoms with Crippen molar-refractivity contribution in [2.24, 2.45) is 0 Å². The topological polar surface area (TPSA) is 81.0 Å². The van der Waals surface area contributed by atoms with E-state index in [9.17, 15) is 14.7 Å². The van der Waals surface area contributed by atoms with Crippen LogP contribution in [0, 0.1) is 0 Å². The molecule has 7 nitrogen and oxygen atoms in total. The Labute approximate surface area is 144 Å². The summed E-state index contributed by atoms with van der Waals surface area (Å²) in [6, 6.07) is 12.8. The number of fused-ring (bicyclic) bond motifs is 2. The molecule has 2 aromatic rings. The van der Waals surface area contributed by atoms with Crippen molar-refractivity contribution >= 4 is 12.1 Å². The van der Waals surface area contributed by atoms with Crippen LogP contribution >= 0.6 is 0 Å². The molecule has 130 valence electrons. The summed E-state index contributed by atoms with van der Waals surface area (Å²) in [5.41, 5.74) is 1.31. The molecule has 1 aromatic carbocycles. The molecule has 0 aliphatic carbocycles. The number of hydrogen-bond donors (Lipinski definition) is 1. The summed E-state index contributed by atoms with van der Waals surface area (Å²) in [5, 5.41) is 9.32. The van der Waals surface area contributed by atoms with E-state index in [1.807, 2.05) is 30.3 Å². The van der Waals surface area contributed by atoms with Gasteiger partial charge in [0.2, 0.25) is 0 Å². The first kappa shape index (κ1) is 15.7. The van der Waals surface area contributed by atoms with Crippen LogP contribution in [-0.2, 0) is 28.2 Å². The molecular weight excluding hydrogens is 324 g/mol. The number of amides is 1. The minimum Gasteiger partial charge on any atom is -0.477 e. The SMILES string of the molecule is O=C(O)c1ccc2n1CCN(C(=O)OCc1ccccc1)C21COC1. The van der Waals surface area contributed by atoms with Gasteiger partial charge in [0.25, 0.3) is 0 Å². The second kappa shape index (κ2) is 5.93. The van der Waals surface area contributed by atoms with Crippen molar-refractivity contribution in [3.8, 4) is 0 Å². The maximum absolute atomic E-state index is 12.7. The molecule has 0 saturated carbocycles. The van der Waals surface area contributed by atoms with E-state index in [0.29, 0.717) is 26.3 Å². The Hall–Kier alpha value is -2.80. The van der Waals surface area contributed by atoms with Crippen LogP contribution in [0.1, 0.15) is 21.7 Å². The lowest BCUT2D eigenvalue weighted by Gasteiger charge is -2.51. The van der Waals surface area contributed by atoms with Gasteiger partial charge in [0.1, 0.15) is 17.8 Å². The number of carboxylic acids is 1. The van der Waals surface area contributed by atoms with Gasteiger partial charge < -0.3 is 19.1 Å². The Kier molecular flexibility index (Phi) is 3.73. The van der Waals surface area contributed by atoms with Crippen LogP contribution < -0.4 is 0 Å². The molecule has 25 heavy (non-hydrogen) atoms. The molecule has 1 spiro atoms.